The fourth-order valence-corrected chi connectivity index (χ4v) is 1.20. The van der Waals surface area contributed by atoms with E-state index in [9.17, 15) is 9.59 Å². The second-order valence-corrected chi connectivity index (χ2v) is 3.53. The summed E-state index contributed by atoms with van der Waals surface area (Å²) < 4.78 is 4.97. The van der Waals surface area contributed by atoms with Crippen LogP contribution in [0.5, 0.6) is 0 Å². The molecule has 0 aliphatic rings. The highest BCUT2D eigenvalue weighted by Gasteiger charge is 2.16. The van der Waals surface area contributed by atoms with E-state index in [4.69, 9.17) is 9.84 Å². The topological polar surface area (TPSA) is 63.6 Å². The second-order valence-electron chi connectivity index (χ2n) is 3.53. The van der Waals surface area contributed by atoms with Crippen LogP contribution in [0.4, 0.5) is 0 Å². The Kier molecular flexibility index (Phi) is 4.46. The number of aromatic carboxylic acids is 1. The van der Waals surface area contributed by atoms with E-state index in [1.807, 2.05) is 6.92 Å². The highest BCUT2D eigenvalue weighted by molar-refractivity contribution is 6.02. The number of carboxylic acid groups (broad SMARTS) is 1. The van der Waals surface area contributed by atoms with E-state index >= 15 is 0 Å². The molecule has 0 aliphatic heterocycles. The van der Waals surface area contributed by atoms with Gasteiger partial charge in [-0.2, -0.15) is 0 Å². The lowest BCUT2D eigenvalue weighted by atomic mass is 10.1. The molecule has 0 saturated heterocycles. The third-order valence-corrected chi connectivity index (χ3v) is 2.28. The lowest BCUT2D eigenvalue weighted by Gasteiger charge is -2.07. The Morgan fingerprint density at radius 2 is 1.88 bits per heavy atom. The zero-order valence-electron chi connectivity index (χ0n) is 9.60. The molecule has 4 nitrogen and oxygen atoms in total. The zero-order chi connectivity index (χ0) is 12.8. The Balaban J connectivity index is 2.82. The van der Waals surface area contributed by atoms with Crippen LogP contribution in [0.15, 0.2) is 36.4 Å². The predicted octanol–water partition coefficient (Wildman–Crippen LogP) is 2.51. The molecule has 1 rings (SSSR count). The summed E-state index contributed by atoms with van der Waals surface area (Å²) in [5.41, 5.74) is 0.787. The first-order valence-corrected chi connectivity index (χ1v) is 5.22. The minimum Gasteiger partial charge on any atom is -0.478 e. The molecule has 0 atom stereocenters. The van der Waals surface area contributed by atoms with Crippen LogP contribution in [0.2, 0.25) is 0 Å². The molecule has 0 heterocycles. The number of rotatable bonds is 5. The standard InChI is InChI=1S/C13H14O4/c1-3-9(2)8-17-13(16)11-7-5-4-6-10(11)12(14)15/h4-7H,2-3,8H2,1H3,(H,14,15). The Hall–Kier alpha value is -2.10. The summed E-state index contributed by atoms with van der Waals surface area (Å²) in [7, 11) is 0. The van der Waals surface area contributed by atoms with Crippen molar-refractivity contribution in [1.82, 2.24) is 0 Å². The molecule has 0 aromatic heterocycles. The summed E-state index contributed by atoms with van der Waals surface area (Å²) in [6, 6.07) is 5.96. The monoisotopic (exact) mass is 234 g/mol. The summed E-state index contributed by atoms with van der Waals surface area (Å²) in [6.45, 7) is 5.72. The molecule has 0 fully saturated rings. The molecule has 1 aromatic rings. The van der Waals surface area contributed by atoms with E-state index in [-0.39, 0.29) is 17.7 Å². The van der Waals surface area contributed by atoms with Crippen LogP contribution in [-0.2, 0) is 4.74 Å². The maximum absolute atomic E-state index is 11.7. The van der Waals surface area contributed by atoms with Crippen LogP contribution < -0.4 is 0 Å². The second kappa shape index (κ2) is 5.84. The third kappa shape index (κ3) is 3.45. The summed E-state index contributed by atoms with van der Waals surface area (Å²) >= 11 is 0. The lowest BCUT2D eigenvalue weighted by Crippen LogP contribution is -2.12. The average Bonchev–Trinajstić information content (AvgIpc) is 2.35. The molecule has 0 aliphatic carbocycles. The third-order valence-electron chi connectivity index (χ3n) is 2.28. The smallest absolute Gasteiger partial charge is 0.339 e. The van der Waals surface area contributed by atoms with Crippen molar-refractivity contribution in [2.24, 2.45) is 0 Å². The van der Waals surface area contributed by atoms with E-state index < -0.39 is 11.9 Å². The molecule has 0 unspecified atom stereocenters. The van der Waals surface area contributed by atoms with Gasteiger partial charge < -0.3 is 9.84 Å². The van der Waals surface area contributed by atoms with Gasteiger partial charge in [-0.15, -0.1) is 0 Å². The average molecular weight is 234 g/mol. The molecule has 0 radical (unpaired) electrons. The van der Waals surface area contributed by atoms with Gasteiger partial charge in [-0.25, -0.2) is 9.59 Å². The minimum absolute atomic E-state index is 0.0559. The van der Waals surface area contributed by atoms with Gasteiger partial charge in [0, 0.05) is 0 Å². The molecule has 0 spiro atoms. The highest BCUT2D eigenvalue weighted by atomic mass is 16.5. The first kappa shape index (κ1) is 13.0. The molecule has 1 N–H and O–H groups in total. The number of ether oxygens (including phenoxy) is 1. The van der Waals surface area contributed by atoms with Crippen LogP contribution in [0.25, 0.3) is 0 Å². The number of carbonyl (C=O) groups excluding carboxylic acids is 1. The first-order valence-electron chi connectivity index (χ1n) is 5.22. The van der Waals surface area contributed by atoms with E-state index in [2.05, 4.69) is 6.58 Å². The molecular formula is C13H14O4. The molecule has 0 amide bonds. The highest BCUT2D eigenvalue weighted by Crippen LogP contribution is 2.11. The van der Waals surface area contributed by atoms with Crippen molar-refractivity contribution >= 4 is 11.9 Å². The predicted molar refractivity (Wildman–Crippen MR) is 63.1 cm³/mol. The first-order chi connectivity index (χ1) is 8.06. The van der Waals surface area contributed by atoms with Gasteiger partial charge in [-0.05, 0) is 24.1 Å². The number of benzene rings is 1. The van der Waals surface area contributed by atoms with Crippen molar-refractivity contribution in [2.45, 2.75) is 13.3 Å². The van der Waals surface area contributed by atoms with Crippen LogP contribution in [0.3, 0.4) is 0 Å². The zero-order valence-corrected chi connectivity index (χ0v) is 9.60. The van der Waals surface area contributed by atoms with Crippen molar-refractivity contribution in [3.05, 3.63) is 47.5 Å². The largest absolute Gasteiger partial charge is 0.478 e. The van der Waals surface area contributed by atoms with Gasteiger partial charge in [-0.3, -0.25) is 0 Å². The molecule has 90 valence electrons. The van der Waals surface area contributed by atoms with E-state index in [1.165, 1.54) is 12.1 Å². The fraction of sp³-hybridized carbons (Fsp3) is 0.231. The van der Waals surface area contributed by atoms with Gasteiger partial charge in [-0.1, -0.05) is 25.6 Å². The van der Waals surface area contributed by atoms with Crippen LogP contribution >= 0.6 is 0 Å². The molecular weight excluding hydrogens is 220 g/mol. The molecule has 0 saturated carbocycles. The maximum Gasteiger partial charge on any atom is 0.339 e. The molecule has 0 bridgehead atoms. The van der Waals surface area contributed by atoms with Crippen LogP contribution in [0.1, 0.15) is 34.1 Å². The summed E-state index contributed by atoms with van der Waals surface area (Å²) in [4.78, 5) is 22.6. The van der Waals surface area contributed by atoms with Crippen LogP contribution in [0, 0.1) is 0 Å². The number of carboxylic acids is 1. The summed E-state index contributed by atoms with van der Waals surface area (Å²) in [5, 5.41) is 8.91. The number of hydrogen-bond donors (Lipinski definition) is 1. The van der Waals surface area contributed by atoms with E-state index in [0.29, 0.717) is 6.42 Å². The maximum atomic E-state index is 11.7. The van der Waals surface area contributed by atoms with Crippen molar-refractivity contribution in [1.29, 1.82) is 0 Å². The Labute approximate surface area is 99.5 Å². The van der Waals surface area contributed by atoms with Gasteiger partial charge in [0.1, 0.15) is 6.61 Å². The normalized spacial score (nSPS) is 9.71. The van der Waals surface area contributed by atoms with Crippen LogP contribution in [-0.4, -0.2) is 23.7 Å². The van der Waals surface area contributed by atoms with Gasteiger partial charge >= 0.3 is 11.9 Å². The number of hydrogen-bond acceptors (Lipinski definition) is 3. The summed E-state index contributed by atoms with van der Waals surface area (Å²) in [6.07, 6.45) is 0.716. The minimum atomic E-state index is -1.15. The molecule has 1 aromatic carbocycles. The fourth-order valence-electron chi connectivity index (χ4n) is 1.20. The van der Waals surface area contributed by atoms with Gasteiger partial charge in [0.25, 0.3) is 0 Å². The van der Waals surface area contributed by atoms with Gasteiger partial charge in [0.05, 0.1) is 11.1 Å². The van der Waals surface area contributed by atoms with E-state index in [1.54, 1.807) is 12.1 Å². The van der Waals surface area contributed by atoms with Crippen molar-refractivity contribution < 1.29 is 19.4 Å². The SMILES string of the molecule is C=C(CC)COC(=O)c1ccccc1C(=O)O. The Morgan fingerprint density at radius 1 is 1.29 bits per heavy atom. The molecule has 17 heavy (non-hydrogen) atoms. The van der Waals surface area contributed by atoms with Gasteiger partial charge in [0.15, 0.2) is 0 Å². The van der Waals surface area contributed by atoms with E-state index in [0.717, 1.165) is 5.57 Å². The van der Waals surface area contributed by atoms with Gasteiger partial charge in [0.2, 0.25) is 0 Å². The number of esters is 1. The number of carbonyl (C=O) groups is 2. The summed E-state index contributed by atoms with van der Waals surface area (Å²) in [5.74, 6) is -1.79. The Morgan fingerprint density at radius 3 is 2.41 bits per heavy atom. The quantitative estimate of drug-likeness (QED) is 0.628. The van der Waals surface area contributed by atoms with Crippen molar-refractivity contribution in [2.75, 3.05) is 6.61 Å². The lowest BCUT2D eigenvalue weighted by molar-refractivity contribution is 0.0526. The van der Waals surface area contributed by atoms with Crippen molar-refractivity contribution in [3.63, 3.8) is 0 Å². The van der Waals surface area contributed by atoms with Crippen molar-refractivity contribution in [3.8, 4) is 0 Å². The molecule has 4 heteroatoms. The Bertz CT molecular complexity index is 448.